The number of nitrogens with one attached hydrogen (secondary N) is 1. The Balaban J connectivity index is 1.39. The maximum atomic E-state index is 12.7. The average Bonchev–Trinajstić information content (AvgIpc) is 3.32. The minimum absolute atomic E-state index is 0.0663. The molecule has 1 aromatic heterocycles. The highest BCUT2D eigenvalue weighted by molar-refractivity contribution is 7.92. The van der Waals surface area contributed by atoms with Crippen molar-refractivity contribution in [3.05, 3.63) is 60.4 Å². The van der Waals surface area contributed by atoms with E-state index >= 15 is 0 Å². The molecule has 0 saturated carbocycles. The van der Waals surface area contributed by atoms with Gasteiger partial charge in [0.15, 0.2) is 0 Å². The van der Waals surface area contributed by atoms with Crippen molar-refractivity contribution >= 4 is 32.7 Å². The SMILES string of the molecule is C[C@@H](C(=O)NCCS(=O)(=O)N1CCc2ccccc21)n1cnc2ccccc21. The first-order chi connectivity index (χ1) is 13.5. The number of fused-ring (bicyclic) bond motifs is 2. The van der Waals surface area contributed by atoms with Crippen LogP contribution in [0.2, 0.25) is 0 Å². The molecule has 2 heterocycles. The summed E-state index contributed by atoms with van der Waals surface area (Å²) in [6, 6.07) is 14.6. The molecule has 7 nitrogen and oxygen atoms in total. The van der Waals surface area contributed by atoms with Gasteiger partial charge in [-0.2, -0.15) is 0 Å². The molecule has 3 aromatic rings. The van der Waals surface area contributed by atoms with E-state index in [0.717, 1.165) is 22.3 Å². The Kier molecular flexibility index (Phi) is 4.80. The molecule has 0 bridgehead atoms. The lowest BCUT2D eigenvalue weighted by molar-refractivity contribution is -0.123. The number of benzene rings is 2. The highest BCUT2D eigenvalue weighted by Crippen LogP contribution is 2.29. The number of rotatable bonds is 6. The summed E-state index contributed by atoms with van der Waals surface area (Å²) in [6.07, 6.45) is 2.35. The van der Waals surface area contributed by atoms with Crippen molar-refractivity contribution in [1.29, 1.82) is 0 Å². The summed E-state index contributed by atoms with van der Waals surface area (Å²) < 4.78 is 28.7. The molecule has 1 aliphatic rings. The molecule has 2 aromatic carbocycles. The molecule has 1 N–H and O–H groups in total. The van der Waals surface area contributed by atoms with Gasteiger partial charge in [0.25, 0.3) is 0 Å². The van der Waals surface area contributed by atoms with Crippen LogP contribution in [0.3, 0.4) is 0 Å². The number of hydrogen-bond donors (Lipinski definition) is 1. The van der Waals surface area contributed by atoms with Crippen LogP contribution in [0, 0.1) is 0 Å². The largest absolute Gasteiger partial charge is 0.353 e. The van der Waals surface area contributed by atoms with Gasteiger partial charge in [-0.1, -0.05) is 30.3 Å². The molecule has 0 radical (unpaired) electrons. The molecule has 1 atom stereocenters. The van der Waals surface area contributed by atoms with Gasteiger partial charge in [-0.3, -0.25) is 9.10 Å². The van der Waals surface area contributed by atoms with E-state index in [-0.39, 0.29) is 18.2 Å². The zero-order valence-corrected chi connectivity index (χ0v) is 16.4. The standard InChI is InChI=1S/C20H22N4O3S/c1-15(23-14-22-17-7-3-5-9-19(17)23)20(25)21-11-13-28(26,27)24-12-10-16-6-2-4-8-18(16)24/h2-9,14-15H,10-13H2,1H3,(H,21,25)/t15-/m0/s1. The summed E-state index contributed by atoms with van der Waals surface area (Å²) in [5.74, 6) is -0.370. The smallest absolute Gasteiger partial charge is 0.242 e. The topological polar surface area (TPSA) is 84.3 Å². The van der Waals surface area contributed by atoms with Gasteiger partial charge < -0.3 is 9.88 Å². The molecule has 1 aliphatic heterocycles. The van der Waals surface area contributed by atoms with Crippen molar-refractivity contribution in [2.45, 2.75) is 19.4 Å². The molecular formula is C20H22N4O3S. The number of nitrogens with zero attached hydrogens (tertiary/aromatic N) is 3. The van der Waals surface area contributed by atoms with E-state index in [9.17, 15) is 13.2 Å². The van der Waals surface area contributed by atoms with E-state index in [2.05, 4.69) is 10.3 Å². The molecule has 0 spiro atoms. The first-order valence-electron chi connectivity index (χ1n) is 9.25. The number of carbonyl (C=O) groups is 1. The molecule has 28 heavy (non-hydrogen) atoms. The van der Waals surface area contributed by atoms with Crippen molar-refractivity contribution in [2.75, 3.05) is 23.1 Å². The Morgan fingerprint density at radius 3 is 2.79 bits per heavy atom. The fraction of sp³-hybridized carbons (Fsp3) is 0.300. The summed E-state index contributed by atoms with van der Waals surface area (Å²) in [7, 11) is -3.48. The predicted octanol–water partition coefficient (Wildman–Crippen LogP) is 2.11. The second-order valence-electron chi connectivity index (χ2n) is 6.87. The van der Waals surface area contributed by atoms with Crippen molar-refractivity contribution in [3.63, 3.8) is 0 Å². The number of anilines is 1. The van der Waals surface area contributed by atoms with Gasteiger partial charge >= 0.3 is 0 Å². The van der Waals surface area contributed by atoms with Gasteiger partial charge in [0, 0.05) is 13.1 Å². The van der Waals surface area contributed by atoms with Crippen molar-refractivity contribution in [3.8, 4) is 0 Å². The zero-order chi connectivity index (χ0) is 19.7. The Morgan fingerprint density at radius 1 is 1.18 bits per heavy atom. The van der Waals surface area contributed by atoms with Crippen molar-refractivity contribution in [1.82, 2.24) is 14.9 Å². The van der Waals surface area contributed by atoms with Crippen LogP contribution in [-0.2, 0) is 21.2 Å². The minimum Gasteiger partial charge on any atom is -0.353 e. The predicted molar refractivity (Wildman–Crippen MR) is 109 cm³/mol. The van der Waals surface area contributed by atoms with Crippen LogP contribution in [0.15, 0.2) is 54.9 Å². The summed E-state index contributed by atoms with van der Waals surface area (Å²) in [5, 5.41) is 2.75. The summed E-state index contributed by atoms with van der Waals surface area (Å²) >= 11 is 0. The molecule has 146 valence electrons. The molecule has 1 amide bonds. The quantitative estimate of drug-likeness (QED) is 0.689. The first kappa shape index (κ1) is 18.5. The molecule has 0 fully saturated rings. The Labute approximate surface area is 164 Å². The van der Waals surface area contributed by atoms with Crippen LogP contribution in [0.5, 0.6) is 0 Å². The fourth-order valence-electron chi connectivity index (χ4n) is 3.57. The number of hydrogen-bond acceptors (Lipinski definition) is 4. The maximum absolute atomic E-state index is 12.7. The molecule has 0 saturated heterocycles. The number of imidazole rings is 1. The normalized spacial score (nSPS) is 14.8. The van der Waals surface area contributed by atoms with Gasteiger partial charge in [-0.05, 0) is 37.1 Å². The van der Waals surface area contributed by atoms with E-state index in [1.807, 2.05) is 48.5 Å². The van der Waals surface area contributed by atoms with Gasteiger partial charge in [0.1, 0.15) is 6.04 Å². The van der Waals surface area contributed by atoms with E-state index in [1.54, 1.807) is 17.8 Å². The van der Waals surface area contributed by atoms with Gasteiger partial charge in [-0.15, -0.1) is 0 Å². The number of sulfonamides is 1. The number of amides is 1. The maximum Gasteiger partial charge on any atom is 0.242 e. The fourth-order valence-corrected chi connectivity index (χ4v) is 5.00. The Hall–Kier alpha value is -2.87. The molecule has 4 rings (SSSR count). The monoisotopic (exact) mass is 398 g/mol. The van der Waals surface area contributed by atoms with Crippen LogP contribution in [-0.4, -0.2) is 42.7 Å². The molecule has 0 unspecified atom stereocenters. The summed E-state index contributed by atoms with van der Waals surface area (Å²) in [6.45, 7) is 2.29. The van der Waals surface area contributed by atoms with Crippen LogP contribution in [0.25, 0.3) is 11.0 Å². The second-order valence-corrected chi connectivity index (χ2v) is 8.89. The van der Waals surface area contributed by atoms with Crippen LogP contribution in [0.4, 0.5) is 5.69 Å². The zero-order valence-electron chi connectivity index (χ0n) is 15.6. The first-order valence-corrected chi connectivity index (χ1v) is 10.9. The average molecular weight is 398 g/mol. The molecule has 8 heteroatoms. The number of aromatic nitrogens is 2. The lowest BCUT2D eigenvalue weighted by Gasteiger charge is -2.20. The van der Waals surface area contributed by atoms with Gasteiger partial charge in [0.2, 0.25) is 15.9 Å². The highest BCUT2D eigenvalue weighted by atomic mass is 32.2. The third-order valence-electron chi connectivity index (χ3n) is 5.12. The van der Waals surface area contributed by atoms with Crippen LogP contribution < -0.4 is 9.62 Å². The Morgan fingerprint density at radius 2 is 1.93 bits per heavy atom. The van der Waals surface area contributed by atoms with E-state index in [0.29, 0.717) is 13.0 Å². The van der Waals surface area contributed by atoms with E-state index in [1.165, 1.54) is 4.31 Å². The third-order valence-corrected chi connectivity index (χ3v) is 6.89. The Bertz CT molecular complexity index is 1120. The van der Waals surface area contributed by atoms with Crippen LogP contribution in [0.1, 0.15) is 18.5 Å². The van der Waals surface area contributed by atoms with Gasteiger partial charge in [-0.25, -0.2) is 13.4 Å². The number of carbonyl (C=O) groups excluding carboxylic acids is 1. The van der Waals surface area contributed by atoms with Crippen LogP contribution >= 0.6 is 0 Å². The minimum atomic E-state index is -3.48. The summed E-state index contributed by atoms with van der Waals surface area (Å²) in [4.78, 5) is 16.8. The lowest BCUT2D eigenvalue weighted by atomic mass is 10.2. The highest BCUT2D eigenvalue weighted by Gasteiger charge is 2.29. The number of para-hydroxylation sites is 3. The third kappa shape index (κ3) is 3.35. The molecular weight excluding hydrogens is 376 g/mol. The lowest BCUT2D eigenvalue weighted by Crippen LogP contribution is -2.38. The van der Waals surface area contributed by atoms with E-state index < -0.39 is 16.1 Å². The van der Waals surface area contributed by atoms with E-state index in [4.69, 9.17) is 0 Å². The second kappa shape index (κ2) is 7.27. The molecule has 0 aliphatic carbocycles. The van der Waals surface area contributed by atoms with Crippen molar-refractivity contribution in [2.24, 2.45) is 0 Å². The van der Waals surface area contributed by atoms with Gasteiger partial charge in [0.05, 0.1) is 28.8 Å². The summed E-state index contributed by atoms with van der Waals surface area (Å²) in [5.41, 5.74) is 3.46. The van der Waals surface area contributed by atoms with Crippen molar-refractivity contribution < 1.29 is 13.2 Å².